The highest BCUT2D eigenvalue weighted by Gasteiger charge is 2.19. The number of amides is 2. The van der Waals surface area contributed by atoms with E-state index in [1.807, 2.05) is 13.0 Å². The second kappa shape index (κ2) is 8.74. The van der Waals surface area contributed by atoms with Gasteiger partial charge in [0, 0.05) is 17.3 Å². The van der Waals surface area contributed by atoms with Crippen LogP contribution in [0, 0.1) is 6.92 Å². The normalized spacial score (nSPS) is 11.8. The zero-order chi connectivity index (χ0) is 21.0. The molecule has 0 unspecified atom stereocenters. The molecule has 0 bridgehead atoms. The number of carbonyl (C=O) groups is 2. The van der Waals surface area contributed by atoms with Gasteiger partial charge in [-0.2, -0.15) is 0 Å². The van der Waals surface area contributed by atoms with Crippen LogP contribution in [0.25, 0.3) is 5.65 Å². The first kappa shape index (κ1) is 20.3. The summed E-state index contributed by atoms with van der Waals surface area (Å²) in [7, 11) is 0. The molecule has 0 aliphatic heterocycles. The summed E-state index contributed by atoms with van der Waals surface area (Å²) in [5.41, 5.74) is 7.26. The van der Waals surface area contributed by atoms with Gasteiger partial charge < -0.3 is 15.8 Å². The van der Waals surface area contributed by atoms with Gasteiger partial charge in [0.05, 0.1) is 18.2 Å². The fourth-order valence-corrected chi connectivity index (χ4v) is 3.01. The highest BCUT2D eigenvalue weighted by atomic mass is 35.5. The summed E-state index contributed by atoms with van der Waals surface area (Å²) in [6.45, 7) is 1.67. The molecule has 1 aromatic carbocycles. The first-order valence-corrected chi connectivity index (χ1v) is 9.16. The number of hydrogen-bond donors (Lipinski definition) is 2. The third-order valence-corrected chi connectivity index (χ3v) is 4.53. The summed E-state index contributed by atoms with van der Waals surface area (Å²) in [5.74, 6) is -0.578. The minimum Gasteiger partial charge on any atom is -0.459 e. The molecule has 0 spiro atoms. The van der Waals surface area contributed by atoms with Crippen LogP contribution < -0.4 is 16.6 Å². The lowest BCUT2D eigenvalue weighted by Gasteiger charge is -2.17. The van der Waals surface area contributed by atoms with Crippen LogP contribution in [0.4, 0.5) is 4.79 Å². The number of pyridine rings is 1. The van der Waals surface area contributed by atoms with Gasteiger partial charge in [0.25, 0.3) is 5.56 Å². The third kappa shape index (κ3) is 5.11. The fourth-order valence-electron chi connectivity index (χ4n) is 2.88. The number of aryl methyl sites for hydroxylation is 1. The van der Waals surface area contributed by atoms with Crippen LogP contribution in [-0.4, -0.2) is 21.4 Å². The molecule has 3 N–H and O–H groups in total. The number of halogens is 1. The molecule has 3 rings (SSSR count). The van der Waals surface area contributed by atoms with Crippen LogP contribution in [0.1, 0.15) is 29.3 Å². The summed E-state index contributed by atoms with van der Waals surface area (Å²) in [5, 5.41) is 3.04. The van der Waals surface area contributed by atoms with E-state index in [2.05, 4.69) is 10.3 Å². The fraction of sp³-hybridized carbons (Fsp3) is 0.200. The van der Waals surface area contributed by atoms with E-state index in [0.29, 0.717) is 21.9 Å². The Balaban J connectivity index is 1.71. The highest BCUT2D eigenvalue weighted by Crippen LogP contribution is 2.20. The van der Waals surface area contributed by atoms with Crippen molar-refractivity contribution in [3.05, 3.63) is 80.9 Å². The van der Waals surface area contributed by atoms with E-state index in [4.69, 9.17) is 22.1 Å². The second-order valence-corrected chi connectivity index (χ2v) is 6.88. The predicted octanol–water partition coefficient (Wildman–Crippen LogP) is 2.50. The Morgan fingerprint density at radius 3 is 2.69 bits per heavy atom. The van der Waals surface area contributed by atoms with Gasteiger partial charge >= 0.3 is 12.0 Å². The van der Waals surface area contributed by atoms with Crippen molar-refractivity contribution < 1.29 is 14.3 Å². The number of nitrogens with one attached hydrogen (secondary N) is 1. The molecule has 0 aliphatic rings. The Hall–Kier alpha value is -3.39. The van der Waals surface area contributed by atoms with E-state index in [-0.39, 0.29) is 18.6 Å². The van der Waals surface area contributed by atoms with E-state index in [1.54, 1.807) is 36.5 Å². The number of esters is 1. The molecular weight excluding hydrogens is 396 g/mol. The third-order valence-electron chi connectivity index (χ3n) is 4.28. The van der Waals surface area contributed by atoms with E-state index in [1.165, 1.54) is 10.5 Å². The van der Waals surface area contributed by atoms with Crippen LogP contribution in [0.2, 0.25) is 5.02 Å². The Morgan fingerprint density at radius 2 is 2.00 bits per heavy atom. The Kier molecular flexibility index (Phi) is 6.13. The highest BCUT2D eigenvalue weighted by molar-refractivity contribution is 6.30. The maximum absolute atomic E-state index is 12.3. The molecule has 2 amide bonds. The molecule has 0 radical (unpaired) electrons. The molecule has 0 saturated heterocycles. The van der Waals surface area contributed by atoms with Crippen LogP contribution in [0.15, 0.2) is 53.5 Å². The van der Waals surface area contributed by atoms with Crippen LogP contribution >= 0.6 is 11.6 Å². The van der Waals surface area contributed by atoms with Gasteiger partial charge in [-0.05, 0) is 36.2 Å². The monoisotopic (exact) mass is 414 g/mol. The number of carbonyl (C=O) groups excluding carboxylic acids is 2. The van der Waals surface area contributed by atoms with E-state index >= 15 is 0 Å². The van der Waals surface area contributed by atoms with Crippen molar-refractivity contribution in [3.8, 4) is 0 Å². The molecule has 3 aromatic rings. The largest absolute Gasteiger partial charge is 0.459 e. The van der Waals surface area contributed by atoms with Gasteiger partial charge in [0.2, 0.25) is 0 Å². The molecule has 9 heteroatoms. The summed E-state index contributed by atoms with van der Waals surface area (Å²) in [6.07, 6.45) is 1.48. The zero-order valence-corrected chi connectivity index (χ0v) is 16.3. The Morgan fingerprint density at radius 1 is 1.28 bits per heavy atom. The Bertz CT molecular complexity index is 1110. The van der Waals surface area contributed by atoms with Crippen molar-refractivity contribution >= 4 is 29.2 Å². The summed E-state index contributed by atoms with van der Waals surface area (Å²) < 4.78 is 6.69. The maximum atomic E-state index is 12.3. The lowest BCUT2D eigenvalue weighted by Crippen LogP contribution is -2.34. The van der Waals surface area contributed by atoms with Gasteiger partial charge in [-0.1, -0.05) is 29.8 Å². The van der Waals surface area contributed by atoms with Crippen molar-refractivity contribution in [3.63, 3.8) is 0 Å². The SMILES string of the molecule is Cc1cccn2c(=O)cc(COC(=O)C[C@@H](NC(N)=O)c3ccc(Cl)cc3)nc12. The lowest BCUT2D eigenvalue weighted by atomic mass is 10.0. The second-order valence-electron chi connectivity index (χ2n) is 6.45. The zero-order valence-electron chi connectivity index (χ0n) is 15.6. The topological polar surface area (TPSA) is 116 Å². The molecule has 2 heterocycles. The van der Waals surface area contributed by atoms with Crippen molar-refractivity contribution in [2.24, 2.45) is 5.73 Å². The maximum Gasteiger partial charge on any atom is 0.312 e. The van der Waals surface area contributed by atoms with Gasteiger partial charge in [0.15, 0.2) is 0 Å². The molecular formula is C20H19ClN4O4. The van der Waals surface area contributed by atoms with Crippen molar-refractivity contribution in [1.29, 1.82) is 0 Å². The lowest BCUT2D eigenvalue weighted by molar-refractivity contribution is -0.145. The molecule has 0 aliphatic carbocycles. The van der Waals surface area contributed by atoms with Gasteiger partial charge in [-0.25, -0.2) is 9.78 Å². The number of ether oxygens (including phenoxy) is 1. The smallest absolute Gasteiger partial charge is 0.312 e. The number of rotatable bonds is 6. The molecule has 2 aromatic heterocycles. The number of aromatic nitrogens is 2. The number of benzene rings is 1. The average Bonchev–Trinajstić information content (AvgIpc) is 2.67. The first-order chi connectivity index (χ1) is 13.8. The number of hydrogen-bond acceptors (Lipinski definition) is 5. The van der Waals surface area contributed by atoms with E-state index in [9.17, 15) is 14.4 Å². The van der Waals surface area contributed by atoms with Crippen molar-refractivity contribution in [2.45, 2.75) is 26.0 Å². The number of primary amides is 1. The van der Waals surface area contributed by atoms with Crippen LogP contribution in [0.3, 0.4) is 0 Å². The molecule has 29 heavy (non-hydrogen) atoms. The number of urea groups is 1. The molecule has 0 fully saturated rings. The molecule has 150 valence electrons. The quantitative estimate of drug-likeness (QED) is 0.601. The summed E-state index contributed by atoms with van der Waals surface area (Å²) in [6, 6.07) is 10.1. The van der Waals surface area contributed by atoms with Crippen molar-refractivity contribution in [2.75, 3.05) is 0 Å². The first-order valence-electron chi connectivity index (χ1n) is 8.78. The summed E-state index contributed by atoms with van der Waals surface area (Å²) >= 11 is 5.87. The van der Waals surface area contributed by atoms with Gasteiger partial charge in [0.1, 0.15) is 12.3 Å². The minimum atomic E-state index is -0.766. The predicted molar refractivity (Wildman–Crippen MR) is 108 cm³/mol. The number of fused-ring (bicyclic) bond motifs is 1. The standard InChI is InChI=1S/C20H19ClN4O4/c1-12-3-2-8-25-17(26)9-15(23-19(12)25)11-29-18(27)10-16(24-20(22)28)13-4-6-14(21)7-5-13/h2-9,16H,10-11H2,1H3,(H3,22,24,28)/t16-/m1/s1. The molecule has 1 atom stereocenters. The van der Waals surface area contributed by atoms with Crippen molar-refractivity contribution in [1.82, 2.24) is 14.7 Å². The molecule has 0 saturated carbocycles. The molecule has 8 nitrogen and oxygen atoms in total. The number of nitrogens with two attached hydrogens (primary N) is 1. The average molecular weight is 415 g/mol. The number of nitrogens with zero attached hydrogens (tertiary/aromatic N) is 2. The summed E-state index contributed by atoms with van der Waals surface area (Å²) in [4.78, 5) is 40.2. The van der Waals surface area contributed by atoms with Gasteiger partial charge in [-0.15, -0.1) is 0 Å². The van der Waals surface area contributed by atoms with Crippen LogP contribution in [-0.2, 0) is 16.1 Å². The Labute approximate surface area is 171 Å². The van der Waals surface area contributed by atoms with E-state index < -0.39 is 18.0 Å². The van der Waals surface area contributed by atoms with Gasteiger partial charge in [-0.3, -0.25) is 14.0 Å². The van der Waals surface area contributed by atoms with E-state index in [0.717, 1.165) is 5.56 Å². The minimum absolute atomic E-state index is 0.143. The van der Waals surface area contributed by atoms with Crippen LogP contribution in [0.5, 0.6) is 0 Å².